The first-order valence-corrected chi connectivity index (χ1v) is 3.83. The fourth-order valence-electron chi connectivity index (χ4n) is 0.428. The number of nitrogens with zero attached hydrogens (tertiary/aromatic N) is 1. The van der Waals surface area contributed by atoms with Crippen LogP contribution in [0, 0.1) is 0 Å². The Labute approximate surface area is 68.2 Å². The number of hydrogen-bond acceptors (Lipinski definition) is 3. The maximum absolute atomic E-state index is 10.9. The van der Waals surface area contributed by atoms with Gasteiger partial charge in [-0.25, -0.2) is 0 Å². The first-order chi connectivity index (χ1) is 4.57. The number of rotatable bonds is 3. The van der Waals surface area contributed by atoms with Gasteiger partial charge in [-0.2, -0.15) is 0 Å². The Hall–Kier alpha value is -0.380. The lowest BCUT2D eigenvalue weighted by Crippen LogP contribution is -2.13. The number of halogens is 1. The summed E-state index contributed by atoms with van der Waals surface area (Å²) in [5, 5.41) is 11.1. The molecule has 10 heavy (non-hydrogen) atoms. The average molecular weight is 208 g/mol. The molecule has 0 bridgehead atoms. The standard InChI is InChI=1S/C6H10BrNO2/c1-4(8-10)3-6(9)5(2)7/h5,10H,3H2,1-2H3. The highest BCUT2D eigenvalue weighted by Gasteiger charge is 2.09. The third-order valence-corrected chi connectivity index (χ3v) is 1.56. The van der Waals surface area contributed by atoms with Crippen molar-refractivity contribution in [1.29, 1.82) is 0 Å². The van der Waals surface area contributed by atoms with E-state index in [0.29, 0.717) is 5.71 Å². The lowest BCUT2D eigenvalue weighted by molar-refractivity contribution is -0.117. The van der Waals surface area contributed by atoms with Crippen LogP contribution in [0.25, 0.3) is 0 Å². The maximum Gasteiger partial charge on any atom is 0.151 e. The summed E-state index contributed by atoms with van der Waals surface area (Å²) in [7, 11) is 0. The quantitative estimate of drug-likeness (QED) is 0.331. The van der Waals surface area contributed by atoms with Crippen molar-refractivity contribution in [3.63, 3.8) is 0 Å². The van der Waals surface area contributed by atoms with Gasteiger partial charge in [0.1, 0.15) is 0 Å². The number of alkyl halides is 1. The summed E-state index contributed by atoms with van der Waals surface area (Å²) in [4.78, 5) is 10.7. The average Bonchev–Trinajstić information content (AvgIpc) is 1.87. The molecule has 0 aromatic heterocycles. The van der Waals surface area contributed by atoms with Crippen molar-refractivity contribution in [2.75, 3.05) is 0 Å². The first-order valence-electron chi connectivity index (χ1n) is 2.92. The van der Waals surface area contributed by atoms with Crippen molar-refractivity contribution in [1.82, 2.24) is 0 Å². The molecule has 58 valence electrons. The van der Waals surface area contributed by atoms with E-state index in [0.717, 1.165) is 0 Å². The van der Waals surface area contributed by atoms with Gasteiger partial charge in [0, 0.05) is 6.42 Å². The lowest BCUT2D eigenvalue weighted by atomic mass is 10.2. The Morgan fingerprint density at radius 2 is 2.30 bits per heavy atom. The Kier molecular flexibility index (Phi) is 4.27. The van der Waals surface area contributed by atoms with E-state index in [1.165, 1.54) is 0 Å². The van der Waals surface area contributed by atoms with Crippen LogP contribution >= 0.6 is 15.9 Å². The summed E-state index contributed by atoms with van der Waals surface area (Å²) in [5.74, 6) is 0.0234. The van der Waals surface area contributed by atoms with Crippen LogP contribution < -0.4 is 0 Å². The van der Waals surface area contributed by atoms with Gasteiger partial charge in [-0.3, -0.25) is 4.79 Å². The van der Waals surface area contributed by atoms with Crippen LogP contribution in [0.15, 0.2) is 5.16 Å². The first kappa shape index (κ1) is 9.62. The third-order valence-electron chi connectivity index (χ3n) is 1.04. The van der Waals surface area contributed by atoms with E-state index in [-0.39, 0.29) is 17.0 Å². The highest BCUT2D eigenvalue weighted by molar-refractivity contribution is 9.10. The van der Waals surface area contributed by atoms with Gasteiger partial charge in [0.2, 0.25) is 0 Å². The largest absolute Gasteiger partial charge is 0.411 e. The molecular weight excluding hydrogens is 198 g/mol. The van der Waals surface area contributed by atoms with E-state index in [1.807, 2.05) is 0 Å². The number of carbonyl (C=O) groups excluding carboxylic acids is 1. The van der Waals surface area contributed by atoms with E-state index >= 15 is 0 Å². The topological polar surface area (TPSA) is 49.7 Å². The van der Waals surface area contributed by atoms with E-state index in [2.05, 4.69) is 21.1 Å². The fourth-order valence-corrected chi connectivity index (χ4v) is 0.590. The van der Waals surface area contributed by atoms with Gasteiger partial charge in [-0.05, 0) is 13.8 Å². The molecule has 0 saturated heterocycles. The normalized spacial score (nSPS) is 14.9. The Morgan fingerprint density at radius 3 is 2.60 bits per heavy atom. The van der Waals surface area contributed by atoms with Crippen LogP contribution in [0.5, 0.6) is 0 Å². The second kappa shape index (κ2) is 4.44. The van der Waals surface area contributed by atoms with Gasteiger partial charge >= 0.3 is 0 Å². The molecule has 0 saturated carbocycles. The molecule has 4 heteroatoms. The minimum absolute atomic E-state index is 0.0234. The maximum atomic E-state index is 10.9. The van der Waals surface area contributed by atoms with E-state index < -0.39 is 0 Å². The summed E-state index contributed by atoms with van der Waals surface area (Å²) < 4.78 is 0. The van der Waals surface area contributed by atoms with Crippen LogP contribution in [-0.4, -0.2) is 21.5 Å². The van der Waals surface area contributed by atoms with Gasteiger partial charge in [0.05, 0.1) is 10.5 Å². The zero-order valence-corrected chi connectivity index (χ0v) is 7.55. The van der Waals surface area contributed by atoms with E-state index in [9.17, 15) is 4.79 Å². The number of ketones is 1. The molecular formula is C6H10BrNO2. The van der Waals surface area contributed by atoms with Crippen molar-refractivity contribution in [3.8, 4) is 0 Å². The van der Waals surface area contributed by atoms with Gasteiger partial charge in [0.15, 0.2) is 5.78 Å². The molecule has 0 aliphatic rings. The summed E-state index contributed by atoms with van der Waals surface area (Å²) >= 11 is 3.11. The van der Waals surface area contributed by atoms with Gasteiger partial charge < -0.3 is 5.21 Å². The Bertz CT molecular complexity index is 154. The second-order valence-corrected chi connectivity index (χ2v) is 3.47. The number of hydrogen-bond donors (Lipinski definition) is 1. The smallest absolute Gasteiger partial charge is 0.151 e. The molecule has 0 aromatic rings. The minimum Gasteiger partial charge on any atom is -0.411 e. The molecule has 0 aromatic carbocycles. The highest BCUT2D eigenvalue weighted by atomic mass is 79.9. The van der Waals surface area contributed by atoms with Crippen molar-refractivity contribution in [3.05, 3.63) is 0 Å². The van der Waals surface area contributed by atoms with Crippen molar-refractivity contribution in [2.24, 2.45) is 5.16 Å². The zero-order chi connectivity index (χ0) is 8.15. The molecule has 1 unspecified atom stereocenters. The van der Waals surface area contributed by atoms with Gasteiger partial charge in [-0.15, -0.1) is 0 Å². The fraction of sp³-hybridized carbons (Fsp3) is 0.667. The molecule has 3 nitrogen and oxygen atoms in total. The van der Waals surface area contributed by atoms with Crippen LogP contribution in [0.4, 0.5) is 0 Å². The Morgan fingerprint density at radius 1 is 1.80 bits per heavy atom. The van der Waals surface area contributed by atoms with Crippen molar-refractivity contribution < 1.29 is 10.0 Å². The van der Waals surface area contributed by atoms with Crippen LogP contribution in [-0.2, 0) is 4.79 Å². The molecule has 1 atom stereocenters. The van der Waals surface area contributed by atoms with Crippen LogP contribution in [0.1, 0.15) is 20.3 Å². The predicted molar refractivity (Wildman–Crippen MR) is 42.9 cm³/mol. The second-order valence-electron chi connectivity index (χ2n) is 2.09. The molecule has 0 aliphatic carbocycles. The van der Waals surface area contributed by atoms with Crippen molar-refractivity contribution in [2.45, 2.75) is 25.1 Å². The summed E-state index contributed by atoms with van der Waals surface area (Å²) in [6, 6.07) is 0. The van der Waals surface area contributed by atoms with Crippen molar-refractivity contribution >= 4 is 27.4 Å². The van der Waals surface area contributed by atoms with Crippen LogP contribution in [0.2, 0.25) is 0 Å². The highest BCUT2D eigenvalue weighted by Crippen LogP contribution is 2.02. The SMILES string of the molecule is CC(CC(=O)C(C)Br)=NO. The summed E-state index contributed by atoms with van der Waals surface area (Å²) in [6.45, 7) is 3.35. The number of carbonyl (C=O) groups is 1. The Balaban J connectivity index is 3.81. The predicted octanol–water partition coefficient (Wildman–Crippen LogP) is 1.58. The summed E-state index contributed by atoms with van der Waals surface area (Å²) in [5.41, 5.74) is 0.441. The summed E-state index contributed by atoms with van der Waals surface area (Å²) in [6.07, 6.45) is 0.211. The molecule has 0 rings (SSSR count). The molecule has 0 radical (unpaired) electrons. The number of Topliss-reactive ketones (excluding diaryl/α,β-unsaturated/α-hetero) is 1. The third kappa shape index (κ3) is 3.61. The molecule has 0 spiro atoms. The monoisotopic (exact) mass is 207 g/mol. The van der Waals surface area contributed by atoms with Gasteiger partial charge in [0.25, 0.3) is 0 Å². The van der Waals surface area contributed by atoms with Gasteiger partial charge in [-0.1, -0.05) is 21.1 Å². The zero-order valence-electron chi connectivity index (χ0n) is 5.97. The van der Waals surface area contributed by atoms with E-state index in [1.54, 1.807) is 13.8 Å². The van der Waals surface area contributed by atoms with E-state index in [4.69, 9.17) is 5.21 Å². The minimum atomic E-state index is -0.163. The molecule has 1 N–H and O–H groups in total. The van der Waals surface area contributed by atoms with Crippen LogP contribution in [0.3, 0.4) is 0 Å². The molecule has 0 heterocycles. The molecule has 0 amide bonds. The molecule has 0 aliphatic heterocycles. The number of oxime groups is 1. The molecule has 0 fully saturated rings. The lowest BCUT2D eigenvalue weighted by Gasteiger charge is -1.99.